The van der Waals surface area contributed by atoms with E-state index >= 15 is 0 Å². The predicted octanol–water partition coefficient (Wildman–Crippen LogP) is 1.72. The number of carbonyl (C=O) groups is 3. The SMILES string of the molecule is COc1ccccc1C(=O)NC(=O)COC(=O)CCc1ccco1. The molecule has 0 radical (unpaired) electrons. The molecule has 126 valence electrons. The Morgan fingerprint density at radius 2 is 1.92 bits per heavy atom. The van der Waals surface area contributed by atoms with E-state index in [-0.39, 0.29) is 12.0 Å². The fourth-order valence-electron chi connectivity index (χ4n) is 1.96. The molecule has 0 aliphatic heterocycles. The normalized spacial score (nSPS) is 10.0. The third kappa shape index (κ3) is 4.98. The first-order valence-electron chi connectivity index (χ1n) is 7.25. The third-order valence-corrected chi connectivity index (χ3v) is 3.12. The van der Waals surface area contributed by atoms with Crippen molar-refractivity contribution in [1.82, 2.24) is 5.32 Å². The number of imide groups is 1. The van der Waals surface area contributed by atoms with Crippen LogP contribution in [0.25, 0.3) is 0 Å². The topological polar surface area (TPSA) is 94.8 Å². The lowest BCUT2D eigenvalue weighted by Crippen LogP contribution is -2.34. The average molecular weight is 331 g/mol. The molecule has 2 rings (SSSR count). The summed E-state index contributed by atoms with van der Waals surface area (Å²) in [6.45, 7) is -0.530. The number of benzene rings is 1. The first-order valence-corrected chi connectivity index (χ1v) is 7.25. The summed E-state index contributed by atoms with van der Waals surface area (Å²) in [5, 5.41) is 2.14. The summed E-state index contributed by atoms with van der Waals surface area (Å²) in [7, 11) is 1.43. The van der Waals surface area contributed by atoms with Crippen LogP contribution in [0.4, 0.5) is 0 Å². The number of esters is 1. The molecule has 24 heavy (non-hydrogen) atoms. The van der Waals surface area contributed by atoms with Gasteiger partial charge in [0.05, 0.1) is 25.4 Å². The minimum absolute atomic E-state index is 0.0846. The molecule has 0 saturated carbocycles. The van der Waals surface area contributed by atoms with Crippen molar-refractivity contribution in [2.45, 2.75) is 12.8 Å². The number of hydrogen-bond acceptors (Lipinski definition) is 6. The summed E-state index contributed by atoms with van der Waals surface area (Å²) in [6.07, 6.45) is 1.98. The fraction of sp³-hybridized carbons (Fsp3) is 0.235. The van der Waals surface area contributed by atoms with Crippen LogP contribution < -0.4 is 10.1 Å². The highest BCUT2D eigenvalue weighted by Crippen LogP contribution is 2.16. The van der Waals surface area contributed by atoms with E-state index in [1.54, 1.807) is 30.3 Å². The Morgan fingerprint density at radius 3 is 2.62 bits per heavy atom. The number of rotatable bonds is 7. The van der Waals surface area contributed by atoms with Crippen molar-refractivity contribution in [3.05, 3.63) is 54.0 Å². The molecule has 0 aliphatic carbocycles. The molecule has 7 heteroatoms. The van der Waals surface area contributed by atoms with E-state index in [1.165, 1.54) is 19.4 Å². The zero-order valence-electron chi connectivity index (χ0n) is 13.1. The van der Waals surface area contributed by atoms with Crippen molar-refractivity contribution in [2.24, 2.45) is 0 Å². The smallest absolute Gasteiger partial charge is 0.306 e. The predicted molar refractivity (Wildman–Crippen MR) is 83.5 cm³/mol. The number of ether oxygens (including phenoxy) is 2. The molecule has 2 aromatic rings. The van der Waals surface area contributed by atoms with E-state index in [1.807, 2.05) is 0 Å². The number of methoxy groups -OCH3 is 1. The van der Waals surface area contributed by atoms with Gasteiger partial charge in [-0.1, -0.05) is 12.1 Å². The van der Waals surface area contributed by atoms with E-state index < -0.39 is 24.4 Å². The van der Waals surface area contributed by atoms with Gasteiger partial charge in [-0.05, 0) is 24.3 Å². The molecule has 2 amide bonds. The third-order valence-electron chi connectivity index (χ3n) is 3.12. The van der Waals surface area contributed by atoms with Crippen molar-refractivity contribution < 1.29 is 28.3 Å². The maximum absolute atomic E-state index is 12.0. The monoisotopic (exact) mass is 331 g/mol. The second-order valence-electron chi connectivity index (χ2n) is 4.82. The Hall–Kier alpha value is -3.09. The van der Waals surface area contributed by atoms with E-state index in [2.05, 4.69) is 5.32 Å². The lowest BCUT2D eigenvalue weighted by atomic mass is 10.2. The number of furan rings is 1. The number of para-hydroxylation sites is 1. The van der Waals surface area contributed by atoms with Gasteiger partial charge in [-0.15, -0.1) is 0 Å². The van der Waals surface area contributed by atoms with Gasteiger partial charge >= 0.3 is 5.97 Å². The number of hydrogen-bond donors (Lipinski definition) is 1. The van der Waals surface area contributed by atoms with Crippen LogP contribution in [0.15, 0.2) is 47.1 Å². The first kappa shape index (κ1) is 17.3. The summed E-state index contributed by atoms with van der Waals surface area (Å²) in [5.41, 5.74) is 0.220. The van der Waals surface area contributed by atoms with Gasteiger partial charge in [-0.3, -0.25) is 19.7 Å². The van der Waals surface area contributed by atoms with E-state index in [0.29, 0.717) is 17.9 Å². The summed E-state index contributed by atoms with van der Waals surface area (Å²) < 4.78 is 15.0. The minimum atomic E-state index is -0.711. The molecule has 0 fully saturated rings. The molecule has 7 nitrogen and oxygen atoms in total. The lowest BCUT2D eigenvalue weighted by molar-refractivity contribution is -0.148. The second-order valence-corrected chi connectivity index (χ2v) is 4.82. The fourth-order valence-corrected chi connectivity index (χ4v) is 1.96. The summed E-state index contributed by atoms with van der Waals surface area (Å²) >= 11 is 0. The molecule has 1 aromatic carbocycles. The lowest BCUT2D eigenvalue weighted by Gasteiger charge is -2.08. The van der Waals surface area contributed by atoms with Crippen molar-refractivity contribution in [3.63, 3.8) is 0 Å². The second kappa shape index (κ2) is 8.52. The summed E-state index contributed by atoms with van der Waals surface area (Å²) in [6, 6.07) is 9.95. The molecule has 1 aromatic heterocycles. The largest absolute Gasteiger partial charge is 0.496 e. The maximum atomic E-state index is 12.0. The minimum Gasteiger partial charge on any atom is -0.496 e. The molecule has 1 N–H and O–H groups in total. The highest BCUT2D eigenvalue weighted by molar-refractivity contribution is 6.06. The zero-order valence-corrected chi connectivity index (χ0v) is 13.1. The van der Waals surface area contributed by atoms with Gasteiger partial charge in [0.15, 0.2) is 6.61 Å². The van der Waals surface area contributed by atoms with E-state index in [9.17, 15) is 14.4 Å². The number of amides is 2. The quantitative estimate of drug-likeness (QED) is 0.776. The van der Waals surface area contributed by atoms with E-state index in [0.717, 1.165) is 0 Å². The van der Waals surface area contributed by atoms with Crippen molar-refractivity contribution in [2.75, 3.05) is 13.7 Å². The van der Waals surface area contributed by atoms with Gasteiger partial charge in [-0.25, -0.2) is 0 Å². The molecule has 0 saturated heterocycles. The zero-order chi connectivity index (χ0) is 17.4. The molecular weight excluding hydrogens is 314 g/mol. The van der Waals surface area contributed by atoms with Gasteiger partial charge in [0, 0.05) is 6.42 Å². The van der Waals surface area contributed by atoms with Crippen LogP contribution in [0.1, 0.15) is 22.5 Å². The highest BCUT2D eigenvalue weighted by atomic mass is 16.5. The Bertz CT molecular complexity index is 708. The first-order chi connectivity index (χ1) is 11.6. The number of carbonyl (C=O) groups excluding carboxylic acids is 3. The van der Waals surface area contributed by atoms with Crippen LogP contribution in [0.2, 0.25) is 0 Å². The van der Waals surface area contributed by atoms with E-state index in [4.69, 9.17) is 13.9 Å². The molecular formula is C17H17NO6. The molecule has 0 spiro atoms. The average Bonchev–Trinajstić information content (AvgIpc) is 3.11. The van der Waals surface area contributed by atoms with Gasteiger partial charge in [0.2, 0.25) is 0 Å². The Morgan fingerprint density at radius 1 is 1.12 bits per heavy atom. The molecule has 0 aliphatic rings. The highest BCUT2D eigenvalue weighted by Gasteiger charge is 2.16. The van der Waals surface area contributed by atoms with Gasteiger partial charge in [0.25, 0.3) is 11.8 Å². The Balaban J connectivity index is 1.76. The summed E-state index contributed by atoms with van der Waals surface area (Å²) in [4.78, 5) is 35.2. The maximum Gasteiger partial charge on any atom is 0.306 e. The standard InChI is InChI=1S/C17H17NO6/c1-22-14-7-3-2-6-13(14)17(21)18-15(19)11-24-16(20)9-8-12-5-4-10-23-12/h2-7,10H,8-9,11H2,1H3,(H,18,19,21). The van der Waals surface area contributed by atoms with Crippen LogP contribution in [0, 0.1) is 0 Å². The molecule has 1 heterocycles. The molecule has 0 atom stereocenters. The van der Waals surface area contributed by atoms with Crippen molar-refractivity contribution in [3.8, 4) is 5.75 Å². The Labute approximate surface area is 138 Å². The van der Waals surface area contributed by atoms with Gasteiger partial charge in [0.1, 0.15) is 11.5 Å². The van der Waals surface area contributed by atoms with Gasteiger partial charge < -0.3 is 13.9 Å². The van der Waals surface area contributed by atoms with Crippen LogP contribution >= 0.6 is 0 Å². The summed E-state index contributed by atoms with van der Waals surface area (Å²) in [5.74, 6) is -0.881. The van der Waals surface area contributed by atoms with Crippen LogP contribution in [0.3, 0.4) is 0 Å². The molecule has 0 bridgehead atoms. The van der Waals surface area contributed by atoms with Crippen LogP contribution in [-0.4, -0.2) is 31.5 Å². The van der Waals surface area contributed by atoms with Crippen molar-refractivity contribution >= 4 is 17.8 Å². The number of nitrogens with one attached hydrogen (secondary N) is 1. The number of aryl methyl sites for hydroxylation is 1. The van der Waals surface area contributed by atoms with Crippen LogP contribution in [0.5, 0.6) is 5.75 Å². The molecule has 0 unspecified atom stereocenters. The van der Waals surface area contributed by atoms with Crippen molar-refractivity contribution in [1.29, 1.82) is 0 Å². The Kier molecular flexibility index (Phi) is 6.13. The van der Waals surface area contributed by atoms with Crippen LogP contribution in [-0.2, 0) is 20.7 Å². The van der Waals surface area contributed by atoms with Gasteiger partial charge in [-0.2, -0.15) is 0 Å².